The van der Waals surface area contributed by atoms with Gasteiger partial charge in [0.15, 0.2) is 0 Å². The van der Waals surface area contributed by atoms with Crippen molar-refractivity contribution in [1.29, 1.82) is 0 Å². The molecule has 3 aromatic rings. The van der Waals surface area contributed by atoms with Crippen LogP contribution in [0.2, 0.25) is 0 Å². The molecule has 28 heavy (non-hydrogen) atoms. The van der Waals surface area contributed by atoms with Crippen LogP contribution >= 0.6 is 0 Å². The highest BCUT2D eigenvalue weighted by atomic mass is 19.4. The van der Waals surface area contributed by atoms with E-state index in [2.05, 4.69) is 10.3 Å². The fourth-order valence-corrected chi connectivity index (χ4v) is 2.52. The number of hydrogen-bond donors (Lipinski definition) is 2. The SMILES string of the molecule is O=C(Nc1cc(C(F)(F)F)cc(C(F)(F)F)c1)Nc1cccc2ncccc12. The summed E-state index contributed by atoms with van der Waals surface area (Å²) in [6, 6.07) is 7.93. The van der Waals surface area contributed by atoms with Crippen molar-refractivity contribution in [2.24, 2.45) is 0 Å². The van der Waals surface area contributed by atoms with Gasteiger partial charge in [0, 0.05) is 17.3 Å². The standard InChI is InChI=1S/C18H11F6N3O/c19-17(20,21)10-7-11(18(22,23)24)9-12(8-10)26-16(28)27-15-5-1-4-14-13(15)3-2-6-25-14/h1-9H,(H2,26,27,28). The molecule has 146 valence electrons. The summed E-state index contributed by atoms with van der Waals surface area (Å²) in [7, 11) is 0. The Morgan fingerprint density at radius 2 is 1.46 bits per heavy atom. The second kappa shape index (κ2) is 7.02. The number of fused-ring (bicyclic) bond motifs is 1. The molecule has 3 rings (SSSR count). The first-order chi connectivity index (χ1) is 13.0. The van der Waals surface area contributed by atoms with Crippen LogP contribution in [0.3, 0.4) is 0 Å². The first kappa shape index (κ1) is 19.5. The highest BCUT2D eigenvalue weighted by Gasteiger charge is 2.37. The number of halogens is 6. The van der Waals surface area contributed by atoms with Gasteiger partial charge in [0.2, 0.25) is 0 Å². The van der Waals surface area contributed by atoms with E-state index >= 15 is 0 Å². The molecule has 0 radical (unpaired) electrons. The predicted molar refractivity (Wildman–Crippen MR) is 90.8 cm³/mol. The van der Waals surface area contributed by atoms with Crippen LogP contribution in [-0.2, 0) is 12.4 Å². The molecule has 0 aliphatic rings. The third-order valence-electron chi connectivity index (χ3n) is 3.74. The van der Waals surface area contributed by atoms with Gasteiger partial charge in [0.25, 0.3) is 0 Å². The fourth-order valence-electron chi connectivity index (χ4n) is 2.52. The molecule has 4 nitrogen and oxygen atoms in total. The lowest BCUT2D eigenvalue weighted by atomic mass is 10.1. The van der Waals surface area contributed by atoms with Crippen LogP contribution in [-0.4, -0.2) is 11.0 Å². The van der Waals surface area contributed by atoms with Crippen molar-refractivity contribution < 1.29 is 31.1 Å². The molecule has 10 heteroatoms. The normalized spacial score (nSPS) is 12.1. The Hall–Kier alpha value is -3.30. The molecule has 0 saturated carbocycles. The van der Waals surface area contributed by atoms with Crippen LogP contribution in [0.1, 0.15) is 11.1 Å². The molecule has 0 unspecified atom stereocenters. The lowest BCUT2D eigenvalue weighted by Gasteiger charge is -2.15. The number of amides is 2. The zero-order valence-corrected chi connectivity index (χ0v) is 13.8. The molecular formula is C18H11F6N3O. The monoisotopic (exact) mass is 399 g/mol. The summed E-state index contributed by atoms with van der Waals surface area (Å²) < 4.78 is 77.4. The Bertz CT molecular complexity index is 992. The van der Waals surface area contributed by atoms with Crippen molar-refractivity contribution in [3.63, 3.8) is 0 Å². The first-order valence-corrected chi connectivity index (χ1v) is 7.75. The maximum absolute atomic E-state index is 12.9. The Labute approximate surface area is 154 Å². The van der Waals surface area contributed by atoms with Gasteiger partial charge < -0.3 is 10.6 Å². The van der Waals surface area contributed by atoms with Gasteiger partial charge in [0.1, 0.15) is 0 Å². The minimum Gasteiger partial charge on any atom is -0.308 e. The van der Waals surface area contributed by atoms with E-state index in [1.165, 1.54) is 12.3 Å². The Morgan fingerprint density at radius 1 is 0.821 bits per heavy atom. The molecule has 0 fully saturated rings. The van der Waals surface area contributed by atoms with E-state index < -0.39 is 35.2 Å². The topological polar surface area (TPSA) is 54.0 Å². The molecule has 2 aromatic carbocycles. The zero-order valence-electron chi connectivity index (χ0n) is 13.8. The van der Waals surface area contributed by atoms with E-state index in [9.17, 15) is 31.1 Å². The molecule has 0 aliphatic carbocycles. The number of nitrogens with zero attached hydrogens (tertiary/aromatic N) is 1. The van der Waals surface area contributed by atoms with Gasteiger partial charge in [-0.1, -0.05) is 6.07 Å². The molecular weight excluding hydrogens is 388 g/mol. The van der Waals surface area contributed by atoms with Crippen molar-refractivity contribution in [2.75, 3.05) is 10.6 Å². The number of hydrogen-bond acceptors (Lipinski definition) is 2. The van der Waals surface area contributed by atoms with E-state index in [1.807, 2.05) is 5.32 Å². The molecule has 0 saturated heterocycles. The predicted octanol–water partition coefficient (Wildman–Crippen LogP) is 5.92. The maximum atomic E-state index is 12.9. The molecule has 1 heterocycles. The van der Waals surface area contributed by atoms with Crippen LogP contribution in [0, 0.1) is 0 Å². The summed E-state index contributed by atoms with van der Waals surface area (Å²) in [5.74, 6) is 0. The Morgan fingerprint density at radius 3 is 2.07 bits per heavy atom. The second-order valence-electron chi connectivity index (χ2n) is 5.75. The van der Waals surface area contributed by atoms with E-state index in [0.717, 1.165) is 0 Å². The lowest BCUT2D eigenvalue weighted by molar-refractivity contribution is -0.143. The summed E-state index contributed by atoms with van der Waals surface area (Å²) in [4.78, 5) is 16.2. The molecule has 0 spiro atoms. The summed E-state index contributed by atoms with van der Waals surface area (Å²) in [5, 5.41) is 4.96. The number of anilines is 2. The summed E-state index contributed by atoms with van der Waals surface area (Å²) in [6.45, 7) is 0. The third kappa shape index (κ3) is 4.33. The van der Waals surface area contributed by atoms with Gasteiger partial charge in [-0.25, -0.2) is 4.79 Å². The van der Waals surface area contributed by atoms with Crippen LogP contribution in [0.5, 0.6) is 0 Å². The average Bonchev–Trinajstić information content (AvgIpc) is 2.60. The lowest BCUT2D eigenvalue weighted by Crippen LogP contribution is -2.21. The third-order valence-corrected chi connectivity index (χ3v) is 3.74. The Kier molecular flexibility index (Phi) is 4.88. The minimum absolute atomic E-state index is 0.0144. The van der Waals surface area contributed by atoms with Gasteiger partial charge in [-0.2, -0.15) is 26.3 Å². The van der Waals surface area contributed by atoms with Gasteiger partial charge >= 0.3 is 18.4 Å². The number of pyridine rings is 1. The summed E-state index contributed by atoms with van der Waals surface area (Å²) in [6.07, 6.45) is -8.47. The van der Waals surface area contributed by atoms with E-state index in [4.69, 9.17) is 0 Å². The minimum atomic E-state index is -5.00. The molecule has 0 aliphatic heterocycles. The van der Waals surface area contributed by atoms with Gasteiger partial charge in [-0.15, -0.1) is 0 Å². The highest BCUT2D eigenvalue weighted by Crippen LogP contribution is 2.37. The molecule has 0 atom stereocenters. The second-order valence-corrected chi connectivity index (χ2v) is 5.75. The summed E-state index contributed by atoms with van der Waals surface area (Å²) >= 11 is 0. The van der Waals surface area contributed by atoms with E-state index in [1.54, 1.807) is 24.3 Å². The van der Waals surface area contributed by atoms with Crippen molar-refractivity contribution in [3.8, 4) is 0 Å². The zero-order chi connectivity index (χ0) is 20.5. The number of benzene rings is 2. The Balaban J connectivity index is 1.89. The number of urea groups is 1. The molecule has 0 bridgehead atoms. The largest absolute Gasteiger partial charge is 0.416 e. The smallest absolute Gasteiger partial charge is 0.308 e. The van der Waals surface area contributed by atoms with E-state index in [-0.39, 0.29) is 6.07 Å². The molecule has 2 amide bonds. The van der Waals surface area contributed by atoms with Crippen LogP contribution in [0.4, 0.5) is 42.5 Å². The quantitative estimate of drug-likeness (QED) is 0.526. The van der Waals surface area contributed by atoms with Gasteiger partial charge in [0.05, 0.1) is 22.3 Å². The number of carbonyl (C=O) groups excluding carboxylic acids is 1. The van der Waals surface area contributed by atoms with E-state index in [0.29, 0.717) is 28.7 Å². The maximum Gasteiger partial charge on any atom is 0.416 e. The van der Waals surface area contributed by atoms with Gasteiger partial charge in [-0.3, -0.25) is 4.98 Å². The molecule has 2 N–H and O–H groups in total. The number of aromatic nitrogens is 1. The van der Waals surface area contributed by atoms with Crippen LogP contribution in [0.25, 0.3) is 10.9 Å². The summed E-state index contributed by atoms with van der Waals surface area (Å²) in [5.41, 5.74) is -2.83. The van der Waals surface area contributed by atoms with Crippen LogP contribution in [0.15, 0.2) is 54.7 Å². The highest BCUT2D eigenvalue weighted by molar-refractivity contribution is 6.05. The number of rotatable bonds is 2. The average molecular weight is 399 g/mol. The number of carbonyl (C=O) groups is 1. The molecule has 1 aromatic heterocycles. The van der Waals surface area contributed by atoms with Crippen molar-refractivity contribution >= 4 is 28.3 Å². The van der Waals surface area contributed by atoms with Crippen molar-refractivity contribution in [2.45, 2.75) is 12.4 Å². The number of nitrogens with one attached hydrogen (secondary N) is 2. The van der Waals surface area contributed by atoms with Gasteiger partial charge in [-0.05, 0) is 42.5 Å². The fraction of sp³-hybridized carbons (Fsp3) is 0.111. The van der Waals surface area contributed by atoms with Crippen molar-refractivity contribution in [1.82, 2.24) is 4.98 Å². The van der Waals surface area contributed by atoms with Crippen molar-refractivity contribution in [3.05, 3.63) is 65.9 Å². The number of alkyl halides is 6. The first-order valence-electron chi connectivity index (χ1n) is 7.75. The van der Waals surface area contributed by atoms with Crippen LogP contribution < -0.4 is 10.6 Å².